The zero-order valence-electron chi connectivity index (χ0n) is 14.2. The van der Waals surface area contributed by atoms with E-state index in [0.717, 1.165) is 43.1 Å². The number of aromatic nitrogens is 2. The van der Waals surface area contributed by atoms with Crippen LogP contribution < -0.4 is 10.6 Å². The van der Waals surface area contributed by atoms with Crippen molar-refractivity contribution in [1.82, 2.24) is 20.8 Å². The second-order valence-electron chi connectivity index (χ2n) is 8.09. The first-order chi connectivity index (χ1) is 10.4. The number of H-pyrrole nitrogens is 1. The molecule has 0 aromatic carbocycles. The molecule has 1 amide bonds. The van der Waals surface area contributed by atoms with Crippen LogP contribution in [-0.4, -0.2) is 28.7 Å². The maximum Gasteiger partial charge on any atom is 0.272 e. The van der Waals surface area contributed by atoms with Crippen molar-refractivity contribution in [3.05, 3.63) is 17.0 Å². The SMILES string of the molecule is CC1(C)C2CCC1(C)C(NC(=O)c1n[nH]c3c1CNCC3)C2.Cl. The Morgan fingerprint density at radius 2 is 2.13 bits per heavy atom. The Morgan fingerprint density at radius 1 is 1.35 bits per heavy atom. The topological polar surface area (TPSA) is 69.8 Å². The van der Waals surface area contributed by atoms with Crippen LogP contribution in [0.15, 0.2) is 0 Å². The first-order valence-electron chi connectivity index (χ1n) is 8.51. The fraction of sp³-hybridized carbons (Fsp3) is 0.765. The molecule has 1 aromatic rings. The Labute approximate surface area is 143 Å². The van der Waals surface area contributed by atoms with Gasteiger partial charge in [0, 0.05) is 36.8 Å². The van der Waals surface area contributed by atoms with E-state index in [1.807, 2.05) is 0 Å². The van der Waals surface area contributed by atoms with E-state index < -0.39 is 0 Å². The third-order valence-corrected chi connectivity index (χ3v) is 7.12. The zero-order valence-corrected chi connectivity index (χ0v) is 15.0. The summed E-state index contributed by atoms with van der Waals surface area (Å²) in [6, 6.07) is 0.276. The average Bonchev–Trinajstić information content (AvgIpc) is 3.06. The molecule has 2 saturated carbocycles. The molecule has 0 spiro atoms. The van der Waals surface area contributed by atoms with Gasteiger partial charge in [-0.1, -0.05) is 20.8 Å². The lowest BCUT2D eigenvalue weighted by Gasteiger charge is -2.39. The van der Waals surface area contributed by atoms with Crippen molar-refractivity contribution in [2.24, 2.45) is 16.7 Å². The maximum absolute atomic E-state index is 12.7. The highest BCUT2D eigenvalue weighted by Gasteiger charge is 2.61. The van der Waals surface area contributed by atoms with Crippen LogP contribution in [-0.2, 0) is 13.0 Å². The van der Waals surface area contributed by atoms with Crippen molar-refractivity contribution in [2.75, 3.05) is 6.54 Å². The van der Waals surface area contributed by atoms with Crippen LogP contribution in [0.25, 0.3) is 0 Å². The highest BCUT2D eigenvalue weighted by molar-refractivity contribution is 5.94. The molecule has 1 aromatic heterocycles. The maximum atomic E-state index is 12.7. The number of aromatic amines is 1. The van der Waals surface area contributed by atoms with Gasteiger partial charge in [0.2, 0.25) is 0 Å². The van der Waals surface area contributed by atoms with Crippen LogP contribution >= 0.6 is 12.4 Å². The second-order valence-corrected chi connectivity index (χ2v) is 8.09. The molecule has 128 valence electrons. The average molecular weight is 339 g/mol. The Kier molecular flexibility index (Phi) is 4.00. The monoisotopic (exact) mass is 338 g/mol. The molecule has 3 N–H and O–H groups in total. The number of hydrogen-bond donors (Lipinski definition) is 3. The van der Waals surface area contributed by atoms with Crippen LogP contribution in [0.3, 0.4) is 0 Å². The second kappa shape index (κ2) is 5.49. The van der Waals surface area contributed by atoms with Crippen LogP contribution in [0.1, 0.15) is 61.8 Å². The summed E-state index contributed by atoms with van der Waals surface area (Å²) < 4.78 is 0. The van der Waals surface area contributed by atoms with Crippen molar-refractivity contribution >= 4 is 18.3 Å². The Morgan fingerprint density at radius 3 is 2.78 bits per heavy atom. The van der Waals surface area contributed by atoms with Gasteiger partial charge in [-0.15, -0.1) is 12.4 Å². The molecule has 3 aliphatic rings. The summed E-state index contributed by atoms with van der Waals surface area (Å²) in [5.41, 5.74) is 3.28. The predicted molar refractivity (Wildman–Crippen MR) is 91.7 cm³/mol. The van der Waals surface area contributed by atoms with Gasteiger partial charge in [0.15, 0.2) is 5.69 Å². The quantitative estimate of drug-likeness (QED) is 0.775. The van der Waals surface area contributed by atoms with Crippen LogP contribution in [0.2, 0.25) is 0 Å². The smallest absolute Gasteiger partial charge is 0.272 e. The lowest BCUT2D eigenvalue weighted by atomic mass is 9.69. The largest absolute Gasteiger partial charge is 0.347 e. The van der Waals surface area contributed by atoms with Crippen molar-refractivity contribution in [3.63, 3.8) is 0 Å². The zero-order chi connectivity index (χ0) is 15.5. The van der Waals surface area contributed by atoms with Gasteiger partial charge in [-0.3, -0.25) is 9.89 Å². The van der Waals surface area contributed by atoms with Gasteiger partial charge in [0.1, 0.15) is 0 Å². The van der Waals surface area contributed by atoms with Crippen LogP contribution in [0.4, 0.5) is 0 Å². The van der Waals surface area contributed by atoms with Crippen molar-refractivity contribution in [2.45, 2.75) is 59.0 Å². The van der Waals surface area contributed by atoms with Crippen LogP contribution in [0.5, 0.6) is 0 Å². The van der Waals surface area contributed by atoms with E-state index in [9.17, 15) is 4.79 Å². The number of halogens is 1. The fourth-order valence-corrected chi connectivity index (χ4v) is 5.06. The molecule has 1 aliphatic heterocycles. The van der Waals surface area contributed by atoms with Crippen molar-refractivity contribution in [1.29, 1.82) is 0 Å². The summed E-state index contributed by atoms with van der Waals surface area (Å²) in [5, 5.41) is 14.0. The van der Waals surface area contributed by atoms with E-state index in [1.165, 1.54) is 12.8 Å². The Hall–Kier alpha value is -1.07. The Bertz CT molecular complexity index is 626. The van der Waals surface area contributed by atoms with Gasteiger partial charge in [0.05, 0.1) is 0 Å². The Balaban J connectivity index is 0.00000156. The molecule has 0 radical (unpaired) electrons. The summed E-state index contributed by atoms with van der Waals surface area (Å²) >= 11 is 0. The molecule has 2 aliphatic carbocycles. The molecule has 0 saturated heterocycles. The predicted octanol–water partition coefficient (Wildman–Crippen LogP) is 2.42. The number of amides is 1. The molecule has 23 heavy (non-hydrogen) atoms. The summed E-state index contributed by atoms with van der Waals surface area (Å²) in [7, 11) is 0. The molecule has 6 heteroatoms. The number of carbonyl (C=O) groups excluding carboxylic acids is 1. The van der Waals surface area contributed by atoms with Gasteiger partial charge >= 0.3 is 0 Å². The minimum atomic E-state index is -0.00391. The summed E-state index contributed by atoms with van der Waals surface area (Å²) in [6.07, 6.45) is 4.55. The van der Waals surface area contributed by atoms with E-state index in [2.05, 4.69) is 41.6 Å². The minimum absolute atomic E-state index is 0. The van der Waals surface area contributed by atoms with E-state index in [1.54, 1.807) is 0 Å². The van der Waals surface area contributed by atoms with Crippen molar-refractivity contribution in [3.8, 4) is 0 Å². The molecule has 4 rings (SSSR count). The van der Waals surface area contributed by atoms with E-state index in [0.29, 0.717) is 11.1 Å². The molecule has 2 bridgehead atoms. The lowest BCUT2D eigenvalue weighted by molar-refractivity contribution is 0.0820. The number of carbonyl (C=O) groups is 1. The summed E-state index contributed by atoms with van der Waals surface area (Å²) in [6.45, 7) is 8.79. The van der Waals surface area contributed by atoms with E-state index >= 15 is 0 Å². The summed E-state index contributed by atoms with van der Waals surface area (Å²) in [5.74, 6) is 0.730. The first kappa shape index (κ1) is 16.8. The van der Waals surface area contributed by atoms with E-state index in [-0.39, 0.29) is 29.8 Å². The number of rotatable bonds is 2. The molecule has 5 nitrogen and oxygen atoms in total. The van der Waals surface area contributed by atoms with Gasteiger partial charge in [-0.25, -0.2) is 0 Å². The van der Waals surface area contributed by atoms with Gasteiger partial charge in [-0.05, 0) is 36.0 Å². The third kappa shape index (κ3) is 2.23. The minimum Gasteiger partial charge on any atom is -0.347 e. The number of hydrogen-bond acceptors (Lipinski definition) is 3. The molecule has 2 heterocycles. The van der Waals surface area contributed by atoms with Crippen molar-refractivity contribution < 1.29 is 4.79 Å². The molecule has 2 fully saturated rings. The highest BCUT2D eigenvalue weighted by atomic mass is 35.5. The molecule has 3 unspecified atom stereocenters. The molecule has 3 atom stereocenters. The lowest BCUT2D eigenvalue weighted by Crippen LogP contribution is -2.47. The standard InChI is InChI=1S/C17H26N4O.ClH/c1-16(2)10-4-6-17(16,3)13(8-10)19-15(22)14-11-9-18-7-5-12(11)20-21-14;/h10,13,18H,4-9H2,1-3H3,(H,19,22)(H,20,21);1H. The molecular weight excluding hydrogens is 312 g/mol. The number of nitrogens with zero attached hydrogens (tertiary/aromatic N) is 1. The van der Waals surface area contributed by atoms with Gasteiger partial charge in [-0.2, -0.15) is 5.10 Å². The van der Waals surface area contributed by atoms with Gasteiger partial charge < -0.3 is 10.6 Å². The highest BCUT2D eigenvalue weighted by Crippen LogP contribution is 2.65. The molecular formula is C17H27ClN4O. The van der Waals surface area contributed by atoms with Crippen LogP contribution in [0, 0.1) is 16.7 Å². The fourth-order valence-electron chi connectivity index (χ4n) is 5.06. The number of fused-ring (bicyclic) bond motifs is 3. The van der Waals surface area contributed by atoms with Gasteiger partial charge in [0.25, 0.3) is 5.91 Å². The number of nitrogens with one attached hydrogen (secondary N) is 3. The third-order valence-electron chi connectivity index (χ3n) is 7.12. The van der Waals surface area contributed by atoms with E-state index in [4.69, 9.17) is 0 Å². The normalized spacial score (nSPS) is 33.9. The summed E-state index contributed by atoms with van der Waals surface area (Å²) in [4.78, 5) is 12.7. The first-order valence-corrected chi connectivity index (χ1v) is 8.51.